The van der Waals surface area contributed by atoms with Crippen LogP contribution < -0.4 is 5.32 Å². The van der Waals surface area contributed by atoms with Gasteiger partial charge in [0, 0.05) is 36.9 Å². The molecule has 2 unspecified atom stereocenters. The highest BCUT2D eigenvalue weighted by Gasteiger charge is 2.39. The summed E-state index contributed by atoms with van der Waals surface area (Å²) < 4.78 is 26.2. The number of nitrogens with zero attached hydrogens (tertiary/aromatic N) is 2. The van der Waals surface area contributed by atoms with Crippen molar-refractivity contribution in [3.63, 3.8) is 0 Å². The fourth-order valence-corrected chi connectivity index (χ4v) is 3.57. The Hall–Kier alpha value is -2.02. The molecule has 2 saturated heterocycles. The number of rotatable bonds is 2. The van der Waals surface area contributed by atoms with Gasteiger partial charge >= 0.3 is 11.8 Å². The Balaban J connectivity index is 1.69. The van der Waals surface area contributed by atoms with Crippen molar-refractivity contribution in [3.8, 4) is 0 Å². The van der Waals surface area contributed by atoms with Crippen molar-refractivity contribution in [3.05, 3.63) is 29.8 Å². The van der Waals surface area contributed by atoms with E-state index in [4.69, 9.17) is 0 Å². The Morgan fingerprint density at radius 3 is 2.75 bits per heavy atom. The van der Waals surface area contributed by atoms with E-state index in [2.05, 4.69) is 10.2 Å². The van der Waals surface area contributed by atoms with Crippen molar-refractivity contribution >= 4 is 17.5 Å². The average Bonchev–Trinajstić information content (AvgIpc) is 3.03. The van der Waals surface area contributed by atoms with Gasteiger partial charge in [0.05, 0.1) is 0 Å². The van der Waals surface area contributed by atoms with Gasteiger partial charge in [-0.15, -0.1) is 0 Å². The van der Waals surface area contributed by atoms with Crippen LogP contribution in [0.3, 0.4) is 0 Å². The van der Waals surface area contributed by atoms with E-state index in [1.165, 1.54) is 6.07 Å². The predicted molar refractivity (Wildman–Crippen MR) is 85.4 cm³/mol. The van der Waals surface area contributed by atoms with E-state index in [1.54, 1.807) is 4.90 Å². The maximum Gasteiger partial charge on any atom is 0.313 e. The summed E-state index contributed by atoms with van der Waals surface area (Å²) in [4.78, 5) is 28.8. The van der Waals surface area contributed by atoms with E-state index in [1.807, 2.05) is 6.92 Å². The molecule has 130 valence electrons. The van der Waals surface area contributed by atoms with Gasteiger partial charge in [-0.05, 0) is 37.9 Å². The van der Waals surface area contributed by atoms with Gasteiger partial charge in [0.1, 0.15) is 0 Å². The molecule has 0 bridgehead atoms. The number of carbonyl (C=O) groups excluding carboxylic acids is 2. The highest BCUT2D eigenvalue weighted by atomic mass is 19.2. The number of amides is 2. The van der Waals surface area contributed by atoms with Gasteiger partial charge in [0.2, 0.25) is 0 Å². The number of carbonyl (C=O) groups is 2. The van der Waals surface area contributed by atoms with Gasteiger partial charge in [-0.1, -0.05) is 6.92 Å². The minimum Gasteiger partial charge on any atom is -0.329 e. The SMILES string of the molecule is CCC1CN2CCCC2CN1C(=O)C(=O)Nc1ccc(F)c(F)c1. The summed E-state index contributed by atoms with van der Waals surface area (Å²) in [6.07, 6.45) is 2.92. The first-order chi connectivity index (χ1) is 11.5. The number of benzene rings is 1. The monoisotopic (exact) mass is 337 g/mol. The highest BCUT2D eigenvalue weighted by molar-refractivity contribution is 6.39. The zero-order valence-corrected chi connectivity index (χ0v) is 13.6. The first-order valence-corrected chi connectivity index (χ1v) is 8.30. The fourth-order valence-electron chi connectivity index (χ4n) is 3.57. The molecule has 2 aliphatic rings. The Morgan fingerprint density at radius 2 is 2.04 bits per heavy atom. The maximum atomic E-state index is 13.2. The second-order valence-corrected chi connectivity index (χ2v) is 6.39. The first-order valence-electron chi connectivity index (χ1n) is 8.30. The molecule has 3 rings (SSSR count). The zero-order valence-electron chi connectivity index (χ0n) is 13.6. The van der Waals surface area contributed by atoms with E-state index >= 15 is 0 Å². The van der Waals surface area contributed by atoms with Crippen molar-refractivity contribution in [1.29, 1.82) is 0 Å². The minimum absolute atomic E-state index is 0.00236. The van der Waals surface area contributed by atoms with Crippen LogP contribution in [0.25, 0.3) is 0 Å². The molecule has 1 aromatic carbocycles. The van der Waals surface area contributed by atoms with Crippen LogP contribution in [0.2, 0.25) is 0 Å². The van der Waals surface area contributed by atoms with E-state index in [0.29, 0.717) is 12.6 Å². The molecule has 0 aliphatic carbocycles. The Bertz CT molecular complexity index is 653. The van der Waals surface area contributed by atoms with Crippen LogP contribution in [0, 0.1) is 11.6 Å². The van der Waals surface area contributed by atoms with Crippen LogP contribution in [-0.2, 0) is 9.59 Å². The van der Waals surface area contributed by atoms with Gasteiger partial charge in [-0.25, -0.2) is 8.78 Å². The lowest BCUT2D eigenvalue weighted by Crippen LogP contribution is -2.59. The molecule has 7 heteroatoms. The van der Waals surface area contributed by atoms with E-state index in [0.717, 1.165) is 44.5 Å². The van der Waals surface area contributed by atoms with Crippen molar-refractivity contribution in [2.24, 2.45) is 0 Å². The Labute approximate surface area is 139 Å². The molecular formula is C17H21F2N3O2. The third kappa shape index (κ3) is 3.26. The standard InChI is InChI=1S/C17H21F2N3O2/c1-2-12-9-21-7-3-4-13(21)10-22(12)17(24)16(23)20-11-5-6-14(18)15(19)8-11/h5-6,8,12-13H,2-4,7,9-10H2,1H3,(H,20,23). The lowest BCUT2D eigenvalue weighted by Gasteiger charge is -2.43. The molecule has 0 radical (unpaired) electrons. The molecular weight excluding hydrogens is 316 g/mol. The van der Waals surface area contributed by atoms with E-state index in [9.17, 15) is 18.4 Å². The predicted octanol–water partition coefficient (Wildman–Crippen LogP) is 1.99. The minimum atomic E-state index is -1.06. The number of hydrogen-bond donors (Lipinski definition) is 1. The number of hydrogen-bond acceptors (Lipinski definition) is 3. The number of piperazine rings is 1. The first kappa shape index (κ1) is 16.8. The largest absolute Gasteiger partial charge is 0.329 e. The topological polar surface area (TPSA) is 52.7 Å². The molecule has 0 spiro atoms. The second-order valence-electron chi connectivity index (χ2n) is 6.39. The van der Waals surface area contributed by atoms with Crippen molar-refractivity contribution in [2.75, 3.05) is 25.0 Å². The summed E-state index contributed by atoms with van der Waals surface area (Å²) >= 11 is 0. The lowest BCUT2D eigenvalue weighted by molar-refractivity contribution is -0.147. The molecule has 2 aliphatic heterocycles. The van der Waals surface area contributed by atoms with E-state index in [-0.39, 0.29) is 11.7 Å². The molecule has 5 nitrogen and oxygen atoms in total. The van der Waals surface area contributed by atoms with Gasteiger partial charge in [0.15, 0.2) is 11.6 Å². The van der Waals surface area contributed by atoms with Crippen LogP contribution in [0.4, 0.5) is 14.5 Å². The highest BCUT2D eigenvalue weighted by Crippen LogP contribution is 2.26. The second kappa shape index (κ2) is 6.84. The average molecular weight is 337 g/mol. The zero-order chi connectivity index (χ0) is 17.3. The van der Waals surface area contributed by atoms with Gasteiger partial charge in [0.25, 0.3) is 0 Å². The third-order valence-corrected chi connectivity index (χ3v) is 4.90. The normalized spacial score (nSPS) is 23.9. The van der Waals surface area contributed by atoms with E-state index < -0.39 is 23.4 Å². The molecule has 24 heavy (non-hydrogen) atoms. The molecule has 1 aromatic rings. The van der Waals surface area contributed by atoms with Crippen LogP contribution >= 0.6 is 0 Å². The van der Waals surface area contributed by atoms with Crippen molar-refractivity contribution in [2.45, 2.75) is 38.3 Å². The van der Waals surface area contributed by atoms with Gasteiger partial charge < -0.3 is 10.2 Å². The number of fused-ring (bicyclic) bond motifs is 1. The number of nitrogens with one attached hydrogen (secondary N) is 1. The van der Waals surface area contributed by atoms with Gasteiger partial charge in [-0.3, -0.25) is 14.5 Å². The summed E-state index contributed by atoms with van der Waals surface area (Å²) in [6.45, 7) is 4.37. The van der Waals surface area contributed by atoms with Crippen LogP contribution in [0.15, 0.2) is 18.2 Å². The van der Waals surface area contributed by atoms with Crippen molar-refractivity contribution in [1.82, 2.24) is 9.80 Å². The quantitative estimate of drug-likeness (QED) is 0.840. The summed E-state index contributed by atoms with van der Waals surface area (Å²) in [5.41, 5.74) is 0.0693. The molecule has 1 N–H and O–H groups in total. The summed E-state index contributed by atoms with van der Waals surface area (Å²) in [5.74, 6) is -3.49. The Kier molecular flexibility index (Phi) is 4.80. The maximum absolute atomic E-state index is 13.2. The van der Waals surface area contributed by atoms with Crippen LogP contribution in [0.5, 0.6) is 0 Å². The van der Waals surface area contributed by atoms with Crippen molar-refractivity contribution < 1.29 is 18.4 Å². The fraction of sp³-hybridized carbons (Fsp3) is 0.529. The van der Waals surface area contributed by atoms with Crippen LogP contribution in [-0.4, -0.2) is 53.3 Å². The smallest absolute Gasteiger partial charge is 0.313 e. The summed E-state index contributed by atoms with van der Waals surface area (Å²) in [5, 5.41) is 2.36. The summed E-state index contributed by atoms with van der Waals surface area (Å²) in [7, 11) is 0. The van der Waals surface area contributed by atoms with Gasteiger partial charge in [-0.2, -0.15) is 0 Å². The Morgan fingerprint density at radius 1 is 1.25 bits per heavy atom. The molecule has 2 amide bonds. The number of anilines is 1. The number of halogens is 2. The molecule has 2 fully saturated rings. The molecule has 0 saturated carbocycles. The lowest BCUT2D eigenvalue weighted by atomic mass is 10.0. The molecule has 2 atom stereocenters. The third-order valence-electron chi connectivity index (χ3n) is 4.90. The molecule has 0 aromatic heterocycles. The summed E-state index contributed by atoms with van der Waals surface area (Å²) in [6, 6.07) is 3.33. The van der Waals surface area contributed by atoms with Crippen LogP contribution in [0.1, 0.15) is 26.2 Å². The molecule has 2 heterocycles.